The van der Waals surface area contributed by atoms with Crippen molar-refractivity contribution in [2.24, 2.45) is 5.92 Å². The van der Waals surface area contributed by atoms with Crippen LogP contribution in [0.3, 0.4) is 0 Å². The number of carbonyl (C=O) groups is 2. The van der Waals surface area contributed by atoms with E-state index in [1.165, 1.54) is 32.1 Å². The van der Waals surface area contributed by atoms with E-state index in [9.17, 15) is 9.59 Å². The van der Waals surface area contributed by atoms with Gasteiger partial charge in [0.15, 0.2) is 0 Å². The Morgan fingerprint density at radius 1 is 0.971 bits per heavy atom. The number of aromatic nitrogens is 2. The number of hydrogen-bond acceptors (Lipinski definition) is 6. The molecule has 2 aromatic rings. The summed E-state index contributed by atoms with van der Waals surface area (Å²) in [6.07, 6.45) is 8.78. The molecule has 186 valence electrons. The van der Waals surface area contributed by atoms with E-state index >= 15 is 0 Å². The van der Waals surface area contributed by atoms with Gasteiger partial charge in [-0.1, -0.05) is 62.4 Å². The predicted octanol–water partition coefficient (Wildman–Crippen LogP) is 5.39. The maximum atomic E-state index is 13.4. The monoisotopic (exact) mass is 477 g/mol. The van der Waals surface area contributed by atoms with Crippen molar-refractivity contribution in [3.05, 3.63) is 64.8 Å². The topological polar surface area (TPSA) is 93.3 Å². The summed E-state index contributed by atoms with van der Waals surface area (Å²) < 4.78 is 11.1. The summed E-state index contributed by atoms with van der Waals surface area (Å²) in [5, 5.41) is 3.20. The molecule has 4 rings (SSSR count). The number of aromatic amines is 1. The molecule has 0 spiro atoms. The Kier molecular flexibility index (Phi) is 8.06. The van der Waals surface area contributed by atoms with Crippen LogP contribution in [-0.2, 0) is 19.1 Å². The quantitative estimate of drug-likeness (QED) is 0.495. The van der Waals surface area contributed by atoms with Gasteiger partial charge in [-0.3, -0.25) is 0 Å². The lowest BCUT2D eigenvalue weighted by molar-refractivity contribution is -0.140. The number of dihydropyridines is 1. The number of rotatable bonds is 8. The van der Waals surface area contributed by atoms with E-state index in [2.05, 4.69) is 15.3 Å². The number of esters is 2. The Balaban J connectivity index is 1.63. The first kappa shape index (κ1) is 24.8. The van der Waals surface area contributed by atoms with Crippen LogP contribution < -0.4 is 5.32 Å². The molecule has 1 unspecified atom stereocenters. The summed E-state index contributed by atoms with van der Waals surface area (Å²) in [6, 6.07) is 9.74. The number of carbonyl (C=O) groups excluding carboxylic acids is 2. The third kappa shape index (κ3) is 5.66. The molecule has 2 heterocycles. The Hall–Kier alpha value is -3.35. The summed E-state index contributed by atoms with van der Waals surface area (Å²) in [5.41, 5.74) is 3.68. The van der Waals surface area contributed by atoms with Crippen molar-refractivity contribution in [3.63, 3.8) is 0 Å². The first-order valence-corrected chi connectivity index (χ1v) is 12.6. The zero-order valence-corrected chi connectivity index (χ0v) is 20.9. The molecule has 1 saturated carbocycles. The lowest BCUT2D eigenvalue weighted by atomic mass is 9.83. The molecule has 0 saturated heterocycles. The van der Waals surface area contributed by atoms with Gasteiger partial charge < -0.3 is 19.8 Å². The van der Waals surface area contributed by atoms with Crippen molar-refractivity contribution in [1.82, 2.24) is 15.3 Å². The fourth-order valence-corrected chi connectivity index (χ4v) is 5.15. The van der Waals surface area contributed by atoms with Gasteiger partial charge in [-0.2, -0.15) is 0 Å². The normalized spacial score (nSPS) is 18.9. The van der Waals surface area contributed by atoms with E-state index in [4.69, 9.17) is 9.47 Å². The van der Waals surface area contributed by atoms with Gasteiger partial charge in [0.05, 0.1) is 30.3 Å². The van der Waals surface area contributed by atoms with Gasteiger partial charge in [-0.15, -0.1) is 0 Å². The number of imidazole rings is 1. The third-order valence-electron chi connectivity index (χ3n) is 6.91. The zero-order chi connectivity index (χ0) is 24.8. The Morgan fingerprint density at radius 3 is 2.29 bits per heavy atom. The van der Waals surface area contributed by atoms with E-state index in [-0.39, 0.29) is 6.61 Å². The minimum atomic E-state index is -0.664. The molecule has 7 heteroatoms. The highest BCUT2D eigenvalue weighted by Crippen LogP contribution is 2.39. The fourth-order valence-electron chi connectivity index (χ4n) is 5.15. The van der Waals surface area contributed by atoms with Gasteiger partial charge >= 0.3 is 11.9 Å². The molecule has 1 aliphatic carbocycles. The maximum Gasteiger partial charge on any atom is 0.336 e. The SMILES string of the molecule is CCOC(=O)C1=C(C)NC(C)=C(C(=O)OCCC2CCCCC2)C1c1cnc(-c2ccccc2)[nH]1. The first-order valence-electron chi connectivity index (χ1n) is 12.6. The summed E-state index contributed by atoms with van der Waals surface area (Å²) >= 11 is 0. The molecule has 7 nitrogen and oxygen atoms in total. The van der Waals surface area contributed by atoms with Crippen molar-refractivity contribution in [2.75, 3.05) is 13.2 Å². The highest BCUT2D eigenvalue weighted by atomic mass is 16.5. The molecule has 1 aromatic heterocycles. The molecule has 0 bridgehead atoms. The average molecular weight is 478 g/mol. The number of allylic oxidation sites excluding steroid dienone is 2. The van der Waals surface area contributed by atoms with Gasteiger partial charge in [0.25, 0.3) is 0 Å². The Labute approximate surface area is 207 Å². The highest BCUT2D eigenvalue weighted by Gasteiger charge is 2.39. The molecule has 2 N–H and O–H groups in total. The van der Waals surface area contributed by atoms with E-state index in [0.717, 1.165) is 12.0 Å². The van der Waals surface area contributed by atoms with Crippen LogP contribution in [0.1, 0.15) is 70.9 Å². The number of hydrogen-bond donors (Lipinski definition) is 2. The van der Waals surface area contributed by atoms with Crippen LogP contribution in [-0.4, -0.2) is 35.1 Å². The molecule has 1 fully saturated rings. The van der Waals surface area contributed by atoms with Crippen molar-refractivity contribution in [3.8, 4) is 11.4 Å². The lowest BCUT2D eigenvalue weighted by Crippen LogP contribution is -2.33. The van der Waals surface area contributed by atoms with Crippen LogP contribution in [0.2, 0.25) is 0 Å². The molecule has 35 heavy (non-hydrogen) atoms. The molecule has 0 radical (unpaired) electrons. The highest BCUT2D eigenvalue weighted by molar-refractivity contribution is 5.99. The maximum absolute atomic E-state index is 13.4. The van der Waals surface area contributed by atoms with Gasteiger partial charge in [-0.25, -0.2) is 14.6 Å². The average Bonchev–Trinajstić information content (AvgIpc) is 3.35. The molecule has 1 atom stereocenters. The first-order chi connectivity index (χ1) is 17.0. The van der Waals surface area contributed by atoms with Gasteiger partial charge in [0.1, 0.15) is 5.82 Å². The number of nitrogens with zero attached hydrogens (tertiary/aromatic N) is 1. The van der Waals surface area contributed by atoms with Crippen molar-refractivity contribution >= 4 is 11.9 Å². The molecule has 2 aliphatic rings. The zero-order valence-electron chi connectivity index (χ0n) is 20.9. The van der Waals surface area contributed by atoms with E-state index in [1.807, 2.05) is 44.2 Å². The van der Waals surface area contributed by atoms with Crippen LogP contribution in [0.5, 0.6) is 0 Å². The van der Waals surface area contributed by atoms with Crippen LogP contribution >= 0.6 is 0 Å². The number of benzene rings is 1. The predicted molar refractivity (Wildman–Crippen MR) is 134 cm³/mol. The van der Waals surface area contributed by atoms with Crippen molar-refractivity contribution < 1.29 is 19.1 Å². The van der Waals surface area contributed by atoms with E-state index < -0.39 is 17.9 Å². The van der Waals surface area contributed by atoms with Crippen molar-refractivity contribution in [2.45, 2.75) is 65.2 Å². The Morgan fingerprint density at radius 2 is 1.63 bits per heavy atom. The van der Waals surface area contributed by atoms with Crippen LogP contribution in [0.15, 0.2) is 59.1 Å². The minimum Gasteiger partial charge on any atom is -0.463 e. The molecule has 0 amide bonds. The van der Waals surface area contributed by atoms with Crippen LogP contribution in [0, 0.1) is 5.92 Å². The second-order valence-electron chi connectivity index (χ2n) is 9.34. The lowest BCUT2D eigenvalue weighted by Gasteiger charge is -2.29. The van der Waals surface area contributed by atoms with Gasteiger partial charge in [0.2, 0.25) is 0 Å². The molecule has 1 aliphatic heterocycles. The second kappa shape index (κ2) is 11.4. The third-order valence-corrected chi connectivity index (χ3v) is 6.91. The number of H-pyrrole nitrogens is 1. The van der Waals surface area contributed by atoms with E-state index in [0.29, 0.717) is 46.6 Å². The minimum absolute atomic E-state index is 0.241. The van der Waals surface area contributed by atoms with E-state index in [1.54, 1.807) is 13.1 Å². The number of ether oxygens (including phenoxy) is 2. The molecular weight excluding hydrogens is 442 g/mol. The largest absolute Gasteiger partial charge is 0.463 e. The van der Waals surface area contributed by atoms with Crippen molar-refractivity contribution in [1.29, 1.82) is 0 Å². The van der Waals surface area contributed by atoms with Gasteiger partial charge in [-0.05, 0) is 33.1 Å². The molecular formula is C28H35N3O4. The fraction of sp³-hybridized carbons (Fsp3) is 0.464. The summed E-state index contributed by atoms with van der Waals surface area (Å²) in [4.78, 5) is 34.3. The standard InChI is InChI=1S/C28H35N3O4/c1-4-34-27(32)23-18(2)30-19(3)24(28(33)35-16-15-20-11-7-5-8-12-20)25(23)22-17-29-26(31-22)21-13-9-6-10-14-21/h6,9-10,13-14,17,20,25,30H,4-5,7-8,11-12,15-16H2,1-3H3,(H,29,31). The van der Waals surface area contributed by atoms with Crippen LogP contribution in [0.25, 0.3) is 11.4 Å². The second-order valence-corrected chi connectivity index (χ2v) is 9.34. The summed E-state index contributed by atoms with van der Waals surface area (Å²) in [6.45, 7) is 6.05. The van der Waals surface area contributed by atoms with Gasteiger partial charge in [0, 0.05) is 28.8 Å². The van der Waals surface area contributed by atoms with Crippen LogP contribution in [0.4, 0.5) is 0 Å². The Bertz CT molecular complexity index is 1110. The molecule has 1 aromatic carbocycles. The smallest absolute Gasteiger partial charge is 0.336 e. The summed E-state index contributed by atoms with van der Waals surface area (Å²) in [5.74, 6) is -0.255. The number of nitrogens with one attached hydrogen (secondary N) is 2. The summed E-state index contributed by atoms with van der Waals surface area (Å²) in [7, 11) is 0.